The SMILES string of the molecule is CC(=O)Cc1c(C)oc(C)c1C(=O)O. The zero-order chi connectivity index (χ0) is 10.9. The van der Waals surface area contributed by atoms with Crippen LogP contribution in [0.25, 0.3) is 0 Å². The Morgan fingerprint density at radius 3 is 2.29 bits per heavy atom. The molecule has 0 bridgehead atoms. The minimum Gasteiger partial charge on any atom is -0.478 e. The van der Waals surface area contributed by atoms with Crippen LogP contribution in [0.4, 0.5) is 0 Å². The van der Waals surface area contributed by atoms with Crippen LogP contribution in [0.15, 0.2) is 4.42 Å². The highest BCUT2D eigenvalue weighted by Crippen LogP contribution is 2.22. The van der Waals surface area contributed by atoms with Crippen LogP contribution in [0.5, 0.6) is 0 Å². The van der Waals surface area contributed by atoms with Gasteiger partial charge in [-0.05, 0) is 20.8 Å². The zero-order valence-corrected chi connectivity index (χ0v) is 8.38. The molecule has 0 aliphatic carbocycles. The summed E-state index contributed by atoms with van der Waals surface area (Å²) in [5.41, 5.74) is 0.611. The third-order valence-corrected chi connectivity index (χ3v) is 2.02. The Morgan fingerprint density at radius 2 is 1.86 bits per heavy atom. The van der Waals surface area contributed by atoms with Crippen molar-refractivity contribution in [1.29, 1.82) is 0 Å². The minimum absolute atomic E-state index is 0.0728. The molecule has 76 valence electrons. The van der Waals surface area contributed by atoms with Crippen molar-refractivity contribution in [3.05, 3.63) is 22.6 Å². The van der Waals surface area contributed by atoms with E-state index >= 15 is 0 Å². The van der Waals surface area contributed by atoms with Crippen LogP contribution in [0.3, 0.4) is 0 Å². The van der Waals surface area contributed by atoms with Gasteiger partial charge in [0.2, 0.25) is 0 Å². The normalized spacial score (nSPS) is 10.2. The highest BCUT2D eigenvalue weighted by molar-refractivity contribution is 5.93. The Kier molecular flexibility index (Phi) is 2.74. The number of carbonyl (C=O) groups is 2. The van der Waals surface area contributed by atoms with Crippen LogP contribution in [0.1, 0.15) is 34.4 Å². The topological polar surface area (TPSA) is 67.5 Å². The lowest BCUT2D eigenvalue weighted by molar-refractivity contribution is -0.116. The lowest BCUT2D eigenvalue weighted by Gasteiger charge is -1.97. The van der Waals surface area contributed by atoms with E-state index < -0.39 is 5.97 Å². The van der Waals surface area contributed by atoms with E-state index in [-0.39, 0.29) is 17.8 Å². The Balaban J connectivity index is 3.24. The van der Waals surface area contributed by atoms with E-state index in [1.165, 1.54) is 6.92 Å². The summed E-state index contributed by atoms with van der Waals surface area (Å²) < 4.78 is 5.17. The number of carboxylic acid groups (broad SMARTS) is 1. The number of aromatic carboxylic acids is 1. The van der Waals surface area contributed by atoms with Crippen LogP contribution in [0, 0.1) is 13.8 Å². The van der Waals surface area contributed by atoms with E-state index in [0.29, 0.717) is 17.1 Å². The summed E-state index contributed by atoms with van der Waals surface area (Å²) in [4.78, 5) is 21.8. The summed E-state index contributed by atoms with van der Waals surface area (Å²) >= 11 is 0. The molecule has 0 saturated heterocycles. The fourth-order valence-corrected chi connectivity index (χ4v) is 1.47. The summed E-state index contributed by atoms with van der Waals surface area (Å²) in [6, 6.07) is 0. The molecule has 1 aromatic heterocycles. The molecule has 1 heterocycles. The molecule has 0 aliphatic heterocycles. The van der Waals surface area contributed by atoms with Crippen LogP contribution in [0.2, 0.25) is 0 Å². The number of carbonyl (C=O) groups excluding carboxylic acids is 1. The Bertz CT molecular complexity index is 387. The number of hydrogen-bond donors (Lipinski definition) is 1. The summed E-state index contributed by atoms with van der Waals surface area (Å²) in [6.45, 7) is 4.67. The largest absolute Gasteiger partial charge is 0.478 e. The number of hydrogen-bond acceptors (Lipinski definition) is 3. The third-order valence-electron chi connectivity index (χ3n) is 2.02. The molecule has 0 saturated carbocycles. The smallest absolute Gasteiger partial charge is 0.339 e. The summed E-state index contributed by atoms with van der Waals surface area (Å²) in [7, 11) is 0. The molecule has 14 heavy (non-hydrogen) atoms. The summed E-state index contributed by atoms with van der Waals surface area (Å²) in [6.07, 6.45) is 0.116. The van der Waals surface area contributed by atoms with Crippen molar-refractivity contribution in [1.82, 2.24) is 0 Å². The molecule has 0 amide bonds. The van der Waals surface area contributed by atoms with Crippen LogP contribution in [-0.2, 0) is 11.2 Å². The molecular weight excluding hydrogens is 184 g/mol. The predicted molar refractivity (Wildman–Crippen MR) is 49.5 cm³/mol. The average Bonchev–Trinajstić information content (AvgIpc) is 2.25. The van der Waals surface area contributed by atoms with E-state index in [1.54, 1.807) is 13.8 Å². The number of carboxylic acids is 1. The van der Waals surface area contributed by atoms with Gasteiger partial charge in [-0.2, -0.15) is 0 Å². The highest BCUT2D eigenvalue weighted by Gasteiger charge is 2.21. The molecule has 0 spiro atoms. The fourth-order valence-electron chi connectivity index (χ4n) is 1.47. The standard InChI is InChI=1S/C10H12O4/c1-5(11)4-8-6(2)14-7(3)9(8)10(12)13/h4H2,1-3H3,(H,12,13). The maximum absolute atomic E-state index is 10.9. The first-order chi connectivity index (χ1) is 6.43. The van der Waals surface area contributed by atoms with Gasteiger partial charge in [0.15, 0.2) is 0 Å². The van der Waals surface area contributed by atoms with Gasteiger partial charge in [0.25, 0.3) is 0 Å². The van der Waals surface area contributed by atoms with Crippen molar-refractivity contribution < 1.29 is 19.1 Å². The van der Waals surface area contributed by atoms with E-state index in [1.807, 2.05) is 0 Å². The van der Waals surface area contributed by atoms with E-state index in [2.05, 4.69) is 0 Å². The third kappa shape index (κ3) is 1.84. The van der Waals surface area contributed by atoms with Gasteiger partial charge >= 0.3 is 5.97 Å². The van der Waals surface area contributed by atoms with Gasteiger partial charge < -0.3 is 9.52 Å². The van der Waals surface area contributed by atoms with E-state index in [4.69, 9.17) is 9.52 Å². The number of ketones is 1. The van der Waals surface area contributed by atoms with Gasteiger partial charge in [0.1, 0.15) is 22.9 Å². The summed E-state index contributed by atoms with van der Waals surface area (Å²) in [5.74, 6) is -0.256. The second kappa shape index (κ2) is 3.65. The first kappa shape index (κ1) is 10.5. The molecule has 0 radical (unpaired) electrons. The van der Waals surface area contributed by atoms with Crippen molar-refractivity contribution in [2.24, 2.45) is 0 Å². The highest BCUT2D eigenvalue weighted by atomic mass is 16.4. The molecule has 0 fully saturated rings. The lowest BCUT2D eigenvalue weighted by Crippen LogP contribution is -2.05. The van der Waals surface area contributed by atoms with Crippen molar-refractivity contribution in [2.75, 3.05) is 0 Å². The monoisotopic (exact) mass is 196 g/mol. The van der Waals surface area contributed by atoms with Crippen LogP contribution < -0.4 is 0 Å². The van der Waals surface area contributed by atoms with Crippen LogP contribution >= 0.6 is 0 Å². The summed E-state index contributed by atoms with van der Waals surface area (Å²) in [5, 5.41) is 8.90. The van der Waals surface area contributed by atoms with Crippen LogP contribution in [-0.4, -0.2) is 16.9 Å². The molecule has 1 rings (SSSR count). The fraction of sp³-hybridized carbons (Fsp3) is 0.400. The maximum atomic E-state index is 10.9. The molecular formula is C10H12O4. The number of Topliss-reactive ketones (excluding diaryl/α,β-unsaturated/α-hetero) is 1. The van der Waals surface area contributed by atoms with Crippen molar-refractivity contribution in [2.45, 2.75) is 27.2 Å². The first-order valence-corrected chi connectivity index (χ1v) is 4.25. The van der Waals surface area contributed by atoms with Gasteiger partial charge in [0, 0.05) is 12.0 Å². The zero-order valence-electron chi connectivity index (χ0n) is 8.38. The maximum Gasteiger partial charge on any atom is 0.339 e. The Morgan fingerprint density at radius 1 is 1.29 bits per heavy atom. The van der Waals surface area contributed by atoms with E-state index in [0.717, 1.165) is 0 Å². The quantitative estimate of drug-likeness (QED) is 0.799. The Hall–Kier alpha value is -1.58. The molecule has 0 atom stereocenters. The van der Waals surface area contributed by atoms with Crippen molar-refractivity contribution >= 4 is 11.8 Å². The van der Waals surface area contributed by atoms with Gasteiger partial charge in [-0.3, -0.25) is 4.79 Å². The Labute approximate surface area is 81.5 Å². The minimum atomic E-state index is -1.05. The second-order valence-corrected chi connectivity index (χ2v) is 3.25. The van der Waals surface area contributed by atoms with Gasteiger partial charge in [-0.1, -0.05) is 0 Å². The van der Waals surface area contributed by atoms with Crippen molar-refractivity contribution in [3.8, 4) is 0 Å². The molecule has 4 heteroatoms. The van der Waals surface area contributed by atoms with Gasteiger partial charge in [-0.25, -0.2) is 4.79 Å². The predicted octanol–water partition coefficient (Wildman–Crippen LogP) is 1.73. The number of furan rings is 1. The number of aryl methyl sites for hydroxylation is 2. The molecule has 0 aromatic carbocycles. The van der Waals surface area contributed by atoms with Crippen molar-refractivity contribution in [3.63, 3.8) is 0 Å². The average molecular weight is 196 g/mol. The van der Waals surface area contributed by atoms with Gasteiger partial charge in [0.05, 0.1) is 0 Å². The first-order valence-electron chi connectivity index (χ1n) is 4.25. The molecule has 4 nitrogen and oxygen atoms in total. The molecule has 0 unspecified atom stereocenters. The molecule has 0 aliphatic rings. The number of rotatable bonds is 3. The second-order valence-electron chi connectivity index (χ2n) is 3.25. The molecule has 1 aromatic rings. The molecule has 1 N–H and O–H groups in total. The van der Waals surface area contributed by atoms with E-state index in [9.17, 15) is 9.59 Å². The van der Waals surface area contributed by atoms with Gasteiger partial charge in [-0.15, -0.1) is 0 Å². The lowest BCUT2D eigenvalue weighted by atomic mass is 10.0.